The summed E-state index contributed by atoms with van der Waals surface area (Å²) in [5, 5.41) is 0. The van der Waals surface area contributed by atoms with E-state index < -0.39 is 0 Å². The van der Waals surface area contributed by atoms with E-state index >= 15 is 0 Å². The van der Waals surface area contributed by atoms with Gasteiger partial charge in [0.25, 0.3) is 0 Å². The number of fused-ring (bicyclic) bond motifs is 3. The van der Waals surface area contributed by atoms with Gasteiger partial charge in [-0.05, 0) is 74.5 Å². The summed E-state index contributed by atoms with van der Waals surface area (Å²) in [7, 11) is 0. The normalized spacial score (nSPS) is 19.4. The molecule has 0 bridgehead atoms. The van der Waals surface area contributed by atoms with Crippen LogP contribution in [0.4, 0.5) is 0 Å². The van der Waals surface area contributed by atoms with E-state index in [2.05, 4.69) is 76.9 Å². The summed E-state index contributed by atoms with van der Waals surface area (Å²) in [6, 6.07) is 16.4. The number of morpholine rings is 1. The molecule has 0 saturated carbocycles. The SMILES string of the molecule is CC(C)N1CCC(c2ccc(-c3ccc4c(c3)OCc3nc(CN5CCOCC5)cn3-4)cc2)CC1. The van der Waals surface area contributed by atoms with Gasteiger partial charge in [-0.2, -0.15) is 0 Å². The van der Waals surface area contributed by atoms with Crippen LogP contribution in [0.15, 0.2) is 48.7 Å². The number of ether oxygens (including phenoxy) is 2. The van der Waals surface area contributed by atoms with Crippen molar-refractivity contribution in [2.24, 2.45) is 0 Å². The molecule has 0 amide bonds. The third kappa shape index (κ3) is 4.75. The molecule has 2 fully saturated rings. The van der Waals surface area contributed by atoms with Gasteiger partial charge in [0.2, 0.25) is 0 Å². The van der Waals surface area contributed by atoms with Crippen LogP contribution in [0.1, 0.15) is 49.7 Å². The van der Waals surface area contributed by atoms with Crippen molar-refractivity contribution in [1.29, 1.82) is 0 Å². The summed E-state index contributed by atoms with van der Waals surface area (Å²) in [4.78, 5) is 9.84. The second-order valence-electron chi connectivity index (χ2n) is 10.4. The average Bonchev–Trinajstić information content (AvgIpc) is 3.32. The number of imidazole rings is 1. The Bertz CT molecular complexity index is 1160. The van der Waals surface area contributed by atoms with Crippen LogP contribution in [0, 0.1) is 0 Å². The lowest BCUT2D eigenvalue weighted by molar-refractivity contribution is 0.0337. The second-order valence-corrected chi connectivity index (χ2v) is 10.4. The van der Waals surface area contributed by atoms with Crippen LogP contribution in [0.2, 0.25) is 0 Å². The minimum atomic E-state index is 0.508. The van der Waals surface area contributed by atoms with Crippen molar-refractivity contribution in [3.05, 3.63) is 65.7 Å². The third-order valence-electron chi connectivity index (χ3n) is 7.87. The van der Waals surface area contributed by atoms with E-state index in [-0.39, 0.29) is 0 Å². The maximum Gasteiger partial charge on any atom is 0.151 e. The van der Waals surface area contributed by atoms with E-state index in [9.17, 15) is 0 Å². The Hall–Kier alpha value is -2.67. The quantitative estimate of drug-likeness (QED) is 0.531. The summed E-state index contributed by atoms with van der Waals surface area (Å²) < 4.78 is 13.8. The summed E-state index contributed by atoms with van der Waals surface area (Å²) in [5.41, 5.74) is 6.08. The molecule has 6 rings (SSSR count). The van der Waals surface area contributed by atoms with Crippen molar-refractivity contribution in [2.75, 3.05) is 39.4 Å². The first-order valence-corrected chi connectivity index (χ1v) is 13.1. The van der Waals surface area contributed by atoms with Crippen molar-refractivity contribution in [2.45, 2.75) is 51.8 Å². The molecule has 0 unspecified atom stereocenters. The Morgan fingerprint density at radius 3 is 2.43 bits per heavy atom. The molecule has 1 aromatic heterocycles. The van der Waals surface area contributed by atoms with E-state index in [4.69, 9.17) is 14.5 Å². The zero-order valence-corrected chi connectivity index (χ0v) is 20.9. The molecule has 3 aliphatic rings. The topological polar surface area (TPSA) is 42.8 Å². The molecular formula is C29H36N4O2. The highest BCUT2D eigenvalue weighted by molar-refractivity contribution is 5.69. The second kappa shape index (κ2) is 9.76. The lowest BCUT2D eigenvalue weighted by atomic mass is 9.88. The highest BCUT2D eigenvalue weighted by Crippen LogP contribution is 2.35. The number of aromatic nitrogens is 2. The van der Waals surface area contributed by atoms with Gasteiger partial charge in [-0.25, -0.2) is 4.98 Å². The average molecular weight is 473 g/mol. The van der Waals surface area contributed by atoms with Gasteiger partial charge in [-0.15, -0.1) is 0 Å². The van der Waals surface area contributed by atoms with Crippen molar-refractivity contribution >= 4 is 0 Å². The smallest absolute Gasteiger partial charge is 0.151 e. The van der Waals surface area contributed by atoms with Crippen molar-refractivity contribution in [3.63, 3.8) is 0 Å². The molecule has 6 heteroatoms. The van der Waals surface area contributed by atoms with Gasteiger partial charge in [-0.1, -0.05) is 30.3 Å². The molecule has 3 aromatic rings. The van der Waals surface area contributed by atoms with Crippen LogP contribution in [0.3, 0.4) is 0 Å². The predicted octanol–water partition coefficient (Wildman–Crippen LogP) is 4.85. The Labute approximate surface area is 208 Å². The number of likely N-dealkylation sites (tertiary alicyclic amines) is 1. The van der Waals surface area contributed by atoms with Crippen LogP contribution in [-0.4, -0.2) is 64.8 Å². The maximum atomic E-state index is 6.14. The minimum absolute atomic E-state index is 0.508. The van der Waals surface area contributed by atoms with Crippen LogP contribution >= 0.6 is 0 Å². The summed E-state index contributed by atoms with van der Waals surface area (Å²) >= 11 is 0. The summed E-state index contributed by atoms with van der Waals surface area (Å²) in [6.07, 6.45) is 4.68. The first-order valence-electron chi connectivity index (χ1n) is 13.1. The number of hydrogen-bond donors (Lipinski definition) is 0. The van der Waals surface area contributed by atoms with Gasteiger partial charge in [0.05, 0.1) is 24.6 Å². The highest BCUT2D eigenvalue weighted by atomic mass is 16.5. The number of hydrogen-bond acceptors (Lipinski definition) is 5. The van der Waals surface area contributed by atoms with E-state index in [0.717, 1.165) is 55.8 Å². The van der Waals surface area contributed by atoms with E-state index in [1.54, 1.807) is 0 Å². The van der Waals surface area contributed by atoms with Crippen LogP contribution in [0.5, 0.6) is 5.75 Å². The number of benzene rings is 2. The Morgan fingerprint density at radius 2 is 1.69 bits per heavy atom. The zero-order chi connectivity index (χ0) is 23.8. The van der Waals surface area contributed by atoms with Gasteiger partial charge >= 0.3 is 0 Å². The molecule has 4 heterocycles. The van der Waals surface area contributed by atoms with E-state index in [0.29, 0.717) is 18.6 Å². The minimum Gasteiger partial charge on any atom is -0.483 e. The molecule has 184 valence electrons. The standard InChI is InChI=1S/C29H36N4O2/c1-21(2)32-11-9-24(10-12-32)22-3-5-23(6-4-22)25-7-8-27-28(17-25)35-20-29-30-26(19-33(27)29)18-31-13-15-34-16-14-31/h3-8,17,19,21,24H,9-16,18,20H2,1-2H3. The first-order chi connectivity index (χ1) is 17.1. The summed E-state index contributed by atoms with van der Waals surface area (Å²) in [6.45, 7) is 11.9. The first kappa shape index (κ1) is 22.8. The zero-order valence-electron chi connectivity index (χ0n) is 20.9. The van der Waals surface area contributed by atoms with Crippen LogP contribution in [-0.2, 0) is 17.9 Å². The molecule has 0 N–H and O–H groups in total. The monoisotopic (exact) mass is 472 g/mol. The van der Waals surface area contributed by atoms with Crippen molar-refractivity contribution in [3.8, 4) is 22.6 Å². The fraction of sp³-hybridized carbons (Fsp3) is 0.483. The van der Waals surface area contributed by atoms with Gasteiger partial charge in [-0.3, -0.25) is 9.47 Å². The number of rotatable bonds is 5. The summed E-state index contributed by atoms with van der Waals surface area (Å²) in [5.74, 6) is 2.58. The fourth-order valence-corrected chi connectivity index (χ4v) is 5.69. The highest BCUT2D eigenvalue weighted by Gasteiger charge is 2.23. The van der Waals surface area contributed by atoms with Gasteiger partial charge in [0.15, 0.2) is 5.82 Å². The molecule has 0 spiro atoms. The molecule has 3 aliphatic heterocycles. The third-order valence-corrected chi connectivity index (χ3v) is 7.87. The lowest BCUT2D eigenvalue weighted by Crippen LogP contribution is -2.37. The van der Waals surface area contributed by atoms with Crippen LogP contribution in [0.25, 0.3) is 16.8 Å². The van der Waals surface area contributed by atoms with Crippen LogP contribution < -0.4 is 4.74 Å². The van der Waals surface area contributed by atoms with Gasteiger partial charge in [0.1, 0.15) is 12.4 Å². The molecule has 2 saturated heterocycles. The van der Waals surface area contributed by atoms with E-state index in [1.165, 1.54) is 42.6 Å². The molecule has 0 aliphatic carbocycles. The molecule has 0 radical (unpaired) electrons. The molecule has 6 nitrogen and oxygen atoms in total. The largest absolute Gasteiger partial charge is 0.483 e. The Balaban J connectivity index is 1.16. The Kier molecular flexibility index (Phi) is 6.35. The molecular weight excluding hydrogens is 436 g/mol. The van der Waals surface area contributed by atoms with Crippen molar-refractivity contribution < 1.29 is 9.47 Å². The number of piperidine rings is 1. The fourth-order valence-electron chi connectivity index (χ4n) is 5.69. The maximum absolute atomic E-state index is 6.14. The predicted molar refractivity (Wildman–Crippen MR) is 138 cm³/mol. The lowest BCUT2D eigenvalue weighted by Gasteiger charge is -2.34. The van der Waals surface area contributed by atoms with Gasteiger partial charge < -0.3 is 14.4 Å². The Morgan fingerprint density at radius 1 is 0.943 bits per heavy atom. The van der Waals surface area contributed by atoms with E-state index in [1.807, 2.05) is 0 Å². The van der Waals surface area contributed by atoms with Crippen molar-refractivity contribution in [1.82, 2.24) is 19.4 Å². The molecule has 2 aromatic carbocycles. The molecule has 0 atom stereocenters. The number of nitrogens with zero attached hydrogens (tertiary/aromatic N) is 4. The van der Waals surface area contributed by atoms with Gasteiger partial charge in [0, 0.05) is 31.9 Å². The molecule has 35 heavy (non-hydrogen) atoms.